The van der Waals surface area contributed by atoms with E-state index in [9.17, 15) is 13.5 Å². The summed E-state index contributed by atoms with van der Waals surface area (Å²) in [5.41, 5.74) is 1.23. The molecule has 0 atom stereocenters. The van der Waals surface area contributed by atoms with Crippen LogP contribution in [-0.4, -0.2) is 18.1 Å². The molecule has 0 aliphatic rings. The van der Waals surface area contributed by atoms with Crippen LogP contribution in [0, 0.1) is 0 Å². The number of unbranched alkanes of at least 4 members (excludes halogenated alkanes) is 9. The summed E-state index contributed by atoms with van der Waals surface area (Å²) in [6, 6.07) is 11.1. The van der Waals surface area contributed by atoms with E-state index in [1.807, 2.05) is 24.3 Å². The van der Waals surface area contributed by atoms with Gasteiger partial charge in [-0.25, -0.2) is 0 Å². The molecule has 0 amide bonds. The van der Waals surface area contributed by atoms with Crippen molar-refractivity contribution in [1.29, 1.82) is 0 Å². The summed E-state index contributed by atoms with van der Waals surface area (Å²) in [4.78, 5) is -0.407. The Morgan fingerprint density at radius 2 is 1.33 bits per heavy atom. The van der Waals surface area contributed by atoms with Gasteiger partial charge in [-0.1, -0.05) is 76.8 Å². The Kier molecular flexibility index (Phi) is 10.2. The maximum absolute atomic E-state index is 11.3. The molecule has 0 aliphatic heterocycles. The van der Waals surface area contributed by atoms with Crippen molar-refractivity contribution in [2.24, 2.45) is 0 Å². The molecule has 166 valence electrons. The number of benzene rings is 2. The number of aromatic hydroxyl groups is 1. The van der Waals surface area contributed by atoms with E-state index in [-0.39, 0.29) is 11.5 Å². The predicted octanol–water partition coefficient (Wildman–Crippen LogP) is 6.89. The minimum atomic E-state index is -4.41. The topological polar surface area (TPSA) is 83.8 Å². The fraction of sp³-hybridized carbons (Fsp3) is 0.500. The second kappa shape index (κ2) is 12.6. The molecule has 5 nitrogen and oxygen atoms in total. The monoisotopic (exact) mass is 434 g/mol. The molecular weight excluding hydrogens is 400 g/mol. The van der Waals surface area contributed by atoms with Crippen LogP contribution in [0.5, 0.6) is 17.2 Å². The summed E-state index contributed by atoms with van der Waals surface area (Å²) in [5.74, 6) is 0.386. The Morgan fingerprint density at radius 3 is 1.90 bits per heavy atom. The third-order valence-electron chi connectivity index (χ3n) is 5.14. The van der Waals surface area contributed by atoms with Gasteiger partial charge in [0.15, 0.2) is 0 Å². The van der Waals surface area contributed by atoms with Crippen LogP contribution in [0.4, 0.5) is 0 Å². The second-order valence-corrected chi connectivity index (χ2v) is 9.24. The van der Waals surface area contributed by atoms with Gasteiger partial charge < -0.3 is 9.84 Å². The first kappa shape index (κ1) is 24.2. The van der Waals surface area contributed by atoms with Gasteiger partial charge in [0.2, 0.25) is 0 Å². The van der Waals surface area contributed by atoms with Crippen LogP contribution >= 0.6 is 0 Å². The smallest absolute Gasteiger partial charge is 0.294 e. The summed E-state index contributed by atoms with van der Waals surface area (Å²) in [5, 5.41) is 9.65. The molecule has 0 aliphatic carbocycles. The zero-order valence-corrected chi connectivity index (χ0v) is 18.7. The van der Waals surface area contributed by atoms with Crippen LogP contribution < -0.4 is 4.74 Å². The van der Waals surface area contributed by atoms with Crippen LogP contribution in [0.15, 0.2) is 47.4 Å². The number of rotatable bonds is 14. The number of aryl methyl sites for hydroxylation is 1. The van der Waals surface area contributed by atoms with E-state index in [0.717, 1.165) is 12.5 Å². The van der Waals surface area contributed by atoms with E-state index >= 15 is 0 Å². The van der Waals surface area contributed by atoms with Crippen molar-refractivity contribution in [3.63, 3.8) is 0 Å². The zero-order valence-electron chi connectivity index (χ0n) is 17.8. The maximum Gasteiger partial charge on any atom is 0.294 e. The molecule has 2 rings (SSSR count). The van der Waals surface area contributed by atoms with Crippen molar-refractivity contribution in [2.45, 2.75) is 82.4 Å². The standard InChI is InChI=1S/C24H34O5S/c1-2-3-4-5-6-7-8-9-10-11-12-20-13-15-22(16-14-20)29-23-17-21(25)18-24(19-23)30(26,27)28/h13-19,25H,2-12H2,1H3,(H,26,27,28). The fourth-order valence-corrected chi connectivity index (χ4v) is 3.98. The van der Waals surface area contributed by atoms with Crippen LogP contribution in [0.1, 0.15) is 76.7 Å². The minimum Gasteiger partial charge on any atom is -0.508 e. The first-order valence-electron chi connectivity index (χ1n) is 11.0. The number of phenolic OH excluding ortho intramolecular Hbond substituents is 1. The summed E-state index contributed by atoms with van der Waals surface area (Å²) in [7, 11) is -4.41. The van der Waals surface area contributed by atoms with E-state index in [0.29, 0.717) is 5.75 Å². The molecule has 6 heteroatoms. The summed E-state index contributed by atoms with van der Waals surface area (Å²) < 4.78 is 37.3. The van der Waals surface area contributed by atoms with Crippen molar-refractivity contribution in [2.75, 3.05) is 0 Å². The lowest BCUT2D eigenvalue weighted by Gasteiger charge is -2.09. The molecule has 30 heavy (non-hydrogen) atoms. The lowest BCUT2D eigenvalue weighted by atomic mass is 10.0. The Hall–Kier alpha value is -2.05. The fourth-order valence-electron chi connectivity index (χ4n) is 3.44. The third-order valence-corrected chi connectivity index (χ3v) is 5.97. The molecule has 2 aromatic rings. The lowest BCUT2D eigenvalue weighted by Crippen LogP contribution is -1.98. The van der Waals surface area contributed by atoms with Gasteiger partial charge in [-0.2, -0.15) is 8.42 Å². The van der Waals surface area contributed by atoms with E-state index in [1.165, 1.54) is 81.9 Å². The first-order chi connectivity index (χ1) is 14.4. The Morgan fingerprint density at radius 1 is 0.767 bits per heavy atom. The first-order valence-corrected chi connectivity index (χ1v) is 12.4. The zero-order chi connectivity index (χ0) is 21.8. The SMILES string of the molecule is CCCCCCCCCCCCc1ccc(Oc2cc(O)cc(S(=O)(=O)O)c2)cc1. The highest BCUT2D eigenvalue weighted by atomic mass is 32.2. The van der Waals surface area contributed by atoms with E-state index in [4.69, 9.17) is 9.29 Å². The van der Waals surface area contributed by atoms with Crippen molar-refractivity contribution in [1.82, 2.24) is 0 Å². The maximum atomic E-state index is 11.3. The van der Waals surface area contributed by atoms with Gasteiger partial charge in [-0.05, 0) is 30.5 Å². The van der Waals surface area contributed by atoms with E-state index < -0.39 is 15.0 Å². The molecule has 0 saturated heterocycles. The van der Waals surface area contributed by atoms with Gasteiger partial charge >= 0.3 is 0 Å². The van der Waals surface area contributed by atoms with Crippen molar-refractivity contribution >= 4 is 10.1 Å². The molecule has 0 bridgehead atoms. The number of ether oxygens (including phenoxy) is 1. The van der Waals surface area contributed by atoms with Crippen molar-refractivity contribution in [3.05, 3.63) is 48.0 Å². The molecule has 0 unspecified atom stereocenters. The number of phenols is 1. The highest BCUT2D eigenvalue weighted by Gasteiger charge is 2.13. The summed E-state index contributed by atoms with van der Waals surface area (Å²) in [6.07, 6.45) is 14.2. The molecule has 2 aromatic carbocycles. The second-order valence-electron chi connectivity index (χ2n) is 7.82. The molecule has 0 spiro atoms. The number of hydrogen-bond acceptors (Lipinski definition) is 4. The summed E-state index contributed by atoms with van der Waals surface area (Å²) in [6.45, 7) is 2.25. The molecular formula is C24H34O5S. The van der Waals surface area contributed by atoms with Crippen LogP contribution in [-0.2, 0) is 16.5 Å². The van der Waals surface area contributed by atoms with E-state index in [2.05, 4.69) is 6.92 Å². The van der Waals surface area contributed by atoms with Gasteiger partial charge in [0, 0.05) is 18.2 Å². The number of hydrogen-bond donors (Lipinski definition) is 2. The highest BCUT2D eigenvalue weighted by Crippen LogP contribution is 2.29. The molecule has 0 saturated carbocycles. The highest BCUT2D eigenvalue weighted by molar-refractivity contribution is 7.85. The minimum absolute atomic E-state index is 0.144. The van der Waals surface area contributed by atoms with Crippen LogP contribution in [0.25, 0.3) is 0 Å². The summed E-state index contributed by atoms with van der Waals surface area (Å²) >= 11 is 0. The Balaban J connectivity index is 1.71. The molecule has 0 heterocycles. The van der Waals surface area contributed by atoms with Crippen molar-refractivity contribution in [3.8, 4) is 17.2 Å². The molecule has 0 fully saturated rings. The van der Waals surface area contributed by atoms with Crippen LogP contribution in [0.2, 0.25) is 0 Å². The van der Waals surface area contributed by atoms with E-state index in [1.54, 1.807) is 0 Å². The van der Waals surface area contributed by atoms with Gasteiger partial charge in [-0.3, -0.25) is 4.55 Å². The third kappa shape index (κ3) is 9.18. The van der Waals surface area contributed by atoms with Gasteiger partial charge in [-0.15, -0.1) is 0 Å². The molecule has 2 N–H and O–H groups in total. The quantitative estimate of drug-likeness (QED) is 0.250. The molecule has 0 aromatic heterocycles. The normalized spacial score (nSPS) is 11.5. The Bertz CT molecular complexity index is 860. The molecule has 0 radical (unpaired) electrons. The predicted molar refractivity (Wildman–Crippen MR) is 120 cm³/mol. The lowest BCUT2D eigenvalue weighted by molar-refractivity contribution is 0.447. The van der Waals surface area contributed by atoms with Gasteiger partial charge in [0.05, 0.1) is 0 Å². The van der Waals surface area contributed by atoms with Crippen LogP contribution in [0.3, 0.4) is 0 Å². The Labute approximate surface area is 180 Å². The van der Waals surface area contributed by atoms with Gasteiger partial charge in [0.25, 0.3) is 10.1 Å². The largest absolute Gasteiger partial charge is 0.508 e. The average molecular weight is 435 g/mol. The van der Waals surface area contributed by atoms with Crippen molar-refractivity contribution < 1.29 is 22.8 Å². The van der Waals surface area contributed by atoms with Gasteiger partial charge in [0.1, 0.15) is 22.1 Å². The average Bonchev–Trinajstić information content (AvgIpc) is 2.69.